The van der Waals surface area contributed by atoms with Crippen LogP contribution in [-0.2, 0) is 9.59 Å². The molecule has 3 aromatic carbocycles. The van der Waals surface area contributed by atoms with Crippen LogP contribution in [0.3, 0.4) is 0 Å². The molecule has 41 heavy (non-hydrogen) atoms. The lowest BCUT2D eigenvalue weighted by atomic mass is 9.82. The van der Waals surface area contributed by atoms with Gasteiger partial charge in [-0.25, -0.2) is 4.39 Å². The summed E-state index contributed by atoms with van der Waals surface area (Å²) in [6.07, 6.45) is 0. The summed E-state index contributed by atoms with van der Waals surface area (Å²) in [6.45, 7) is 1.64. The van der Waals surface area contributed by atoms with Crippen molar-refractivity contribution in [3.05, 3.63) is 116 Å². The number of hydrogen-bond acceptors (Lipinski definition) is 8. The summed E-state index contributed by atoms with van der Waals surface area (Å²) >= 11 is 1.01. The molecule has 208 valence electrons. The number of carbonyl (C=O) groups is 2. The Labute approximate surface area is 239 Å². The zero-order valence-electron chi connectivity index (χ0n) is 21.9. The summed E-state index contributed by atoms with van der Waals surface area (Å²) in [4.78, 5) is 36.6. The number of benzene rings is 3. The summed E-state index contributed by atoms with van der Waals surface area (Å²) in [6, 6.07) is 20.2. The lowest BCUT2D eigenvalue weighted by molar-refractivity contribution is -0.384. The standard InChI is InChI=1S/C29H24FN5O5S/c1-17-26(28(37)34-23-9-5-6-10-24(23)40-2)27(20-7-3-4-8-22(20)30)21(15-31)29(32-17)41-16-25(36)33-18-11-13-19(14-12-18)35(38)39/h3-14,27,32H,16H2,1-2H3,(H,33,36)(H,34,37)/t27-/m1/s1. The largest absolute Gasteiger partial charge is 0.495 e. The minimum absolute atomic E-state index is 0.0685. The molecule has 12 heteroatoms. The molecule has 0 saturated heterocycles. The second-order valence-electron chi connectivity index (χ2n) is 8.77. The van der Waals surface area contributed by atoms with Crippen LogP contribution in [0.4, 0.5) is 21.5 Å². The van der Waals surface area contributed by atoms with E-state index >= 15 is 4.39 Å². The van der Waals surface area contributed by atoms with E-state index in [0.717, 1.165) is 11.8 Å². The molecule has 4 rings (SSSR count). The number of ether oxygens (including phenoxy) is 1. The van der Waals surface area contributed by atoms with Crippen LogP contribution in [0.2, 0.25) is 0 Å². The van der Waals surface area contributed by atoms with Gasteiger partial charge >= 0.3 is 0 Å². The van der Waals surface area contributed by atoms with Gasteiger partial charge in [0, 0.05) is 34.7 Å². The monoisotopic (exact) mass is 573 g/mol. The van der Waals surface area contributed by atoms with E-state index in [1.54, 1.807) is 37.3 Å². The summed E-state index contributed by atoms with van der Waals surface area (Å²) in [5.41, 5.74) is 1.36. The Hall–Kier alpha value is -5.15. The minimum Gasteiger partial charge on any atom is -0.495 e. The fourth-order valence-corrected chi connectivity index (χ4v) is 5.18. The third-order valence-electron chi connectivity index (χ3n) is 6.17. The lowest BCUT2D eigenvalue weighted by Crippen LogP contribution is -2.31. The van der Waals surface area contributed by atoms with Crippen molar-refractivity contribution in [3.8, 4) is 11.8 Å². The second-order valence-corrected chi connectivity index (χ2v) is 9.75. The highest BCUT2D eigenvalue weighted by Gasteiger charge is 2.36. The highest BCUT2D eigenvalue weighted by Crippen LogP contribution is 2.42. The van der Waals surface area contributed by atoms with Crippen molar-refractivity contribution in [2.75, 3.05) is 23.5 Å². The van der Waals surface area contributed by atoms with Crippen molar-refractivity contribution in [1.82, 2.24) is 5.32 Å². The first-order valence-corrected chi connectivity index (χ1v) is 13.2. The lowest BCUT2D eigenvalue weighted by Gasteiger charge is -2.30. The summed E-state index contributed by atoms with van der Waals surface area (Å²) in [7, 11) is 1.47. The Balaban J connectivity index is 1.62. The number of anilines is 2. The van der Waals surface area contributed by atoms with Gasteiger partial charge in [-0.2, -0.15) is 5.26 Å². The van der Waals surface area contributed by atoms with E-state index in [0.29, 0.717) is 27.9 Å². The molecular weight excluding hydrogens is 549 g/mol. The predicted octanol–water partition coefficient (Wildman–Crippen LogP) is 5.45. The van der Waals surface area contributed by atoms with E-state index in [2.05, 4.69) is 22.0 Å². The quantitative estimate of drug-likeness (QED) is 0.226. The van der Waals surface area contributed by atoms with Gasteiger partial charge in [-0.05, 0) is 37.3 Å². The number of amides is 2. The minimum atomic E-state index is -1.06. The van der Waals surface area contributed by atoms with Gasteiger partial charge in [-0.15, -0.1) is 0 Å². The Bertz CT molecular complexity index is 1610. The molecule has 0 bridgehead atoms. The number of methoxy groups -OCH3 is 1. The van der Waals surface area contributed by atoms with E-state index < -0.39 is 28.5 Å². The molecule has 0 fully saturated rings. The molecule has 0 spiro atoms. The van der Waals surface area contributed by atoms with Crippen LogP contribution >= 0.6 is 11.8 Å². The number of nitro groups is 1. The van der Waals surface area contributed by atoms with Crippen molar-refractivity contribution in [2.45, 2.75) is 12.8 Å². The van der Waals surface area contributed by atoms with Gasteiger partial charge < -0.3 is 20.7 Å². The van der Waals surface area contributed by atoms with Gasteiger partial charge in [0.25, 0.3) is 11.6 Å². The number of carbonyl (C=O) groups excluding carboxylic acids is 2. The average molecular weight is 574 g/mol. The maximum Gasteiger partial charge on any atom is 0.269 e. The van der Waals surface area contributed by atoms with Crippen molar-refractivity contribution in [1.29, 1.82) is 5.26 Å². The van der Waals surface area contributed by atoms with Gasteiger partial charge in [-0.3, -0.25) is 19.7 Å². The topological polar surface area (TPSA) is 146 Å². The van der Waals surface area contributed by atoms with Gasteiger partial charge in [0.15, 0.2) is 0 Å². The van der Waals surface area contributed by atoms with Crippen molar-refractivity contribution in [2.24, 2.45) is 0 Å². The number of allylic oxidation sites excluding steroid dienone is 2. The van der Waals surface area contributed by atoms with E-state index in [9.17, 15) is 25.0 Å². The van der Waals surface area contributed by atoms with E-state index in [-0.39, 0.29) is 28.1 Å². The third-order valence-corrected chi connectivity index (χ3v) is 7.19. The van der Waals surface area contributed by atoms with Crippen LogP contribution in [0, 0.1) is 27.3 Å². The fourth-order valence-electron chi connectivity index (χ4n) is 4.29. The normalized spacial score (nSPS) is 14.5. The van der Waals surface area contributed by atoms with Crippen LogP contribution in [0.1, 0.15) is 18.4 Å². The fraction of sp³-hybridized carbons (Fsp3) is 0.138. The molecule has 1 aliphatic rings. The molecular formula is C29H24FN5O5S. The Morgan fingerprint density at radius 3 is 2.44 bits per heavy atom. The summed E-state index contributed by atoms with van der Waals surface area (Å²) < 4.78 is 20.4. The molecule has 0 radical (unpaired) electrons. The Kier molecular flexibility index (Phi) is 9.01. The van der Waals surface area contributed by atoms with Crippen LogP contribution in [0.5, 0.6) is 5.75 Å². The molecule has 10 nitrogen and oxygen atoms in total. The molecule has 0 unspecified atom stereocenters. The van der Waals surface area contributed by atoms with Gasteiger partial charge in [0.05, 0.1) is 46.1 Å². The van der Waals surface area contributed by atoms with Crippen LogP contribution in [-0.4, -0.2) is 29.6 Å². The van der Waals surface area contributed by atoms with Crippen LogP contribution < -0.4 is 20.7 Å². The van der Waals surface area contributed by atoms with Gasteiger partial charge in [0.1, 0.15) is 11.6 Å². The zero-order chi connectivity index (χ0) is 29.5. The number of para-hydroxylation sites is 2. The molecule has 3 aromatic rings. The molecule has 1 aliphatic heterocycles. The SMILES string of the molecule is COc1ccccc1NC(=O)C1=C(C)NC(SCC(=O)Nc2ccc([N+](=O)[O-])cc2)=C(C#N)[C@H]1c1ccccc1F. The maximum atomic E-state index is 15.1. The molecule has 0 saturated carbocycles. The highest BCUT2D eigenvalue weighted by atomic mass is 32.2. The number of rotatable bonds is 9. The summed E-state index contributed by atoms with van der Waals surface area (Å²) in [5.74, 6) is -2.35. The number of non-ortho nitro benzene ring substituents is 1. The molecule has 1 atom stereocenters. The van der Waals surface area contributed by atoms with Crippen molar-refractivity contribution < 1.29 is 23.6 Å². The Morgan fingerprint density at radius 1 is 1.10 bits per heavy atom. The highest BCUT2D eigenvalue weighted by molar-refractivity contribution is 8.03. The van der Waals surface area contributed by atoms with Crippen molar-refractivity contribution in [3.63, 3.8) is 0 Å². The second kappa shape index (κ2) is 12.8. The predicted molar refractivity (Wildman–Crippen MR) is 153 cm³/mol. The average Bonchev–Trinajstić information content (AvgIpc) is 2.96. The number of thioether (sulfide) groups is 1. The van der Waals surface area contributed by atoms with Gasteiger partial charge in [-0.1, -0.05) is 42.1 Å². The molecule has 0 aromatic heterocycles. The van der Waals surface area contributed by atoms with E-state index in [4.69, 9.17) is 4.74 Å². The van der Waals surface area contributed by atoms with Crippen LogP contribution in [0.25, 0.3) is 0 Å². The molecule has 0 aliphatic carbocycles. The first kappa shape index (κ1) is 28.8. The third kappa shape index (κ3) is 6.54. The number of halogens is 1. The number of dihydropyridines is 1. The molecule has 1 heterocycles. The van der Waals surface area contributed by atoms with E-state index in [1.807, 2.05) is 0 Å². The number of nitro benzene ring substituents is 1. The van der Waals surface area contributed by atoms with E-state index in [1.165, 1.54) is 49.6 Å². The van der Waals surface area contributed by atoms with Crippen LogP contribution in [0.15, 0.2) is 94.7 Å². The number of hydrogen-bond donors (Lipinski definition) is 3. The number of nitrogens with one attached hydrogen (secondary N) is 3. The number of nitriles is 1. The van der Waals surface area contributed by atoms with Crippen molar-refractivity contribution >= 4 is 40.6 Å². The zero-order valence-corrected chi connectivity index (χ0v) is 22.8. The first-order chi connectivity index (χ1) is 19.7. The first-order valence-electron chi connectivity index (χ1n) is 12.2. The Morgan fingerprint density at radius 2 is 1.78 bits per heavy atom. The smallest absolute Gasteiger partial charge is 0.269 e. The molecule has 2 amide bonds. The number of nitrogens with zero attached hydrogens (tertiary/aromatic N) is 2. The molecule has 3 N–H and O–H groups in total. The maximum absolute atomic E-state index is 15.1. The van der Waals surface area contributed by atoms with Gasteiger partial charge in [0.2, 0.25) is 5.91 Å². The summed E-state index contributed by atoms with van der Waals surface area (Å²) in [5, 5.41) is 29.8.